The summed E-state index contributed by atoms with van der Waals surface area (Å²) in [5, 5.41) is 0. The molecule has 0 aromatic heterocycles. The molecule has 0 saturated carbocycles. The van der Waals surface area contributed by atoms with Gasteiger partial charge in [-0.05, 0) is 0 Å². The first-order valence-corrected chi connectivity index (χ1v) is 12.3. The topological polar surface area (TPSA) is 161 Å². The van der Waals surface area contributed by atoms with Crippen molar-refractivity contribution in [3.63, 3.8) is 0 Å². The third kappa shape index (κ3) is 602. The molecule has 1 radical (unpaired) electrons. The Kier molecular flexibility index (Phi) is 60.5. The molecule has 0 heterocycles. The second-order valence-corrected chi connectivity index (χ2v) is 7.17. The fourth-order valence-corrected chi connectivity index (χ4v) is 0. The van der Waals surface area contributed by atoms with Gasteiger partial charge < -0.3 is 30.6 Å². The van der Waals surface area contributed by atoms with Gasteiger partial charge >= 0.3 is 91.4 Å². The average molecular weight is 511 g/mol. The summed E-state index contributed by atoms with van der Waals surface area (Å²) in [4.78, 5) is 0. The molecular weight excluding hydrogens is 511 g/mol. The van der Waals surface area contributed by atoms with Crippen LogP contribution in [0.25, 0.3) is 0 Å². The smallest absolute Gasteiger partial charge is 1.00 e. The summed E-state index contributed by atoms with van der Waals surface area (Å²) < 4.78 is 68.2. The van der Waals surface area contributed by atoms with Crippen LogP contribution in [0.1, 0.15) is 0 Å². The van der Waals surface area contributed by atoms with Crippen LogP contribution in [0.2, 0.25) is 0 Å². The fourth-order valence-electron chi connectivity index (χ4n) is 0. The van der Waals surface area contributed by atoms with Crippen LogP contribution in [0.15, 0.2) is 0 Å². The van der Waals surface area contributed by atoms with Gasteiger partial charge in [0.05, 0.1) is 0 Å². The van der Waals surface area contributed by atoms with E-state index in [9.17, 15) is 0 Å². The van der Waals surface area contributed by atoms with Crippen LogP contribution >= 0.6 is 19.4 Å². The number of hydrogen-bond acceptors (Lipinski definition) is 8. The van der Waals surface area contributed by atoms with Crippen molar-refractivity contribution >= 4 is 63.2 Å². The second kappa shape index (κ2) is 24.1. The summed E-state index contributed by atoms with van der Waals surface area (Å²) in [6, 6.07) is 0. The Bertz CT molecular complexity index is 248. The van der Waals surface area contributed by atoms with Crippen LogP contribution in [0.4, 0.5) is 0 Å². The summed E-state index contributed by atoms with van der Waals surface area (Å²) in [6.07, 6.45) is 0. The van der Waals surface area contributed by atoms with E-state index in [0.29, 0.717) is 0 Å². The van der Waals surface area contributed by atoms with E-state index >= 15 is 0 Å². The van der Waals surface area contributed by atoms with Gasteiger partial charge in [-0.15, -0.1) is 0 Å². The van der Waals surface area contributed by atoms with Crippen LogP contribution < -0.4 is 12.4 Å². The molecule has 0 rings (SSSR count). The molecule has 0 aromatic carbocycles. The van der Waals surface area contributed by atoms with Gasteiger partial charge in [0.1, 0.15) is 0 Å². The summed E-state index contributed by atoms with van der Waals surface area (Å²) in [5.74, 6) is 0. The quantitative estimate of drug-likeness (QED) is 0.178. The van der Waals surface area contributed by atoms with Gasteiger partial charge in [-0.1, -0.05) is 0 Å². The third-order valence-electron chi connectivity index (χ3n) is 0. The van der Waals surface area contributed by atoms with Gasteiger partial charge in [0.15, 0.2) is 0 Å². The van der Waals surface area contributed by atoms with Crippen molar-refractivity contribution < 1.29 is 96.4 Å². The summed E-state index contributed by atoms with van der Waals surface area (Å²) in [6.45, 7) is 0. The first-order valence-electron chi connectivity index (χ1n) is 1.87. The molecule has 0 amide bonds. The van der Waals surface area contributed by atoms with Crippen molar-refractivity contribution in [3.05, 3.63) is 0 Å². The van der Waals surface area contributed by atoms with Crippen LogP contribution in [0.3, 0.4) is 0 Å². The molecule has 0 aliphatic carbocycles. The van der Waals surface area contributed by atoms with Crippen molar-refractivity contribution in [1.82, 2.24) is 0 Å². The van der Waals surface area contributed by atoms with E-state index in [0.717, 1.165) is 0 Å². The molecule has 0 aromatic rings. The SMILES string of the molecule is O=S(=O)([O-])[O-].O=S(=O)([O-])[O-].[Cl-].[Cl][Zn][Cl].[Co+2].[Cu+].[Mg+2]. The van der Waals surface area contributed by atoms with E-state index in [2.05, 4.69) is 0 Å². The van der Waals surface area contributed by atoms with E-state index in [1.807, 2.05) is 0 Å². The van der Waals surface area contributed by atoms with E-state index in [-0.39, 0.29) is 69.3 Å². The molecule has 0 atom stereocenters. The summed E-state index contributed by atoms with van der Waals surface area (Å²) >= 11 is -0.931. The third-order valence-corrected chi connectivity index (χ3v) is 0. The normalized spacial score (nSPS) is 7.41. The maximum Gasteiger partial charge on any atom is 2.00 e. The molecule has 0 fully saturated rings. The van der Waals surface area contributed by atoms with Gasteiger partial charge in [-0.25, -0.2) is 0 Å². The minimum absolute atomic E-state index is 0. The number of rotatable bonds is 0. The fraction of sp³-hybridized carbons (Fsp3) is 0. The molecule has 8 nitrogen and oxygen atoms in total. The average Bonchev–Trinajstić information content (AvgIpc) is 1.52. The Morgan fingerprint density at radius 1 is 0.824 bits per heavy atom. The van der Waals surface area contributed by atoms with Crippen molar-refractivity contribution in [3.8, 4) is 0 Å². The van der Waals surface area contributed by atoms with Crippen LogP contribution in [-0.4, -0.2) is 58.1 Å². The molecule has 105 valence electrons. The van der Waals surface area contributed by atoms with E-state index < -0.39 is 35.9 Å². The molecule has 17 heteroatoms. The van der Waals surface area contributed by atoms with Gasteiger partial charge in [0.2, 0.25) is 0 Å². The predicted octanol–water partition coefficient (Wildman–Crippen LogP) is -4.68. The Balaban J connectivity index is -0.0000000162. The predicted molar refractivity (Wildman–Crippen MR) is 38.4 cm³/mol. The molecule has 0 aliphatic heterocycles. The molecule has 0 unspecified atom stereocenters. The molecule has 0 saturated heterocycles. The van der Waals surface area contributed by atoms with E-state index in [1.54, 1.807) is 0 Å². The van der Waals surface area contributed by atoms with E-state index in [4.69, 9.17) is 54.4 Å². The minimum Gasteiger partial charge on any atom is 1.00 e. The van der Waals surface area contributed by atoms with Crippen LogP contribution in [0, 0.1) is 0 Å². The summed E-state index contributed by atoms with van der Waals surface area (Å²) in [5.41, 5.74) is 0. The maximum atomic E-state index is 8.52. The molecule has 0 bridgehead atoms. The van der Waals surface area contributed by atoms with Crippen molar-refractivity contribution in [2.75, 3.05) is 0 Å². The second-order valence-electron chi connectivity index (χ2n) is 0.918. The van der Waals surface area contributed by atoms with Crippen LogP contribution in [-0.2, 0) is 69.8 Å². The monoisotopic (exact) mass is 507 g/mol. The summed E-state index contributed by atoms with van der Waals surface area (Å²) in [7, 11) is -0.431. The number of hydrogen-bond donors (Lipinski definition) is 0. The minimum atomic E-state index is -5.17. The van der Waals surface area contributed by atoms with Crippen molar-refractivity contribution in [1.29, 1.82) is 0 Å². The molecular formula is Cl3CoCuMgO8S2Zn. The standard InChI is InChI=1S/3ClH.Co.Cu.Mg.2H2O4S.Zn/c;;;;;;2*1-5(2,3)4;/h3*1H;;;;2*(H2,1,2,3,4);/q;;;+2;+1;+2;;;+2/p-7. The zero-order valence-electron chi connectivity index (χ0n) is 7.27. The Morgan fingerprint density at radius 2 is 0.824 bits per heavy atom. The first kappa shape index (κ1) is 42.7. The Morgan fingerprint density at radius 3 is 0.824 bits per heavy atom. The van der Waals surface area contributed by atoms with Crippen molar-refractivity contribution in [2.45, 2.75) is 0 Å². The maximum absolute atomic E-state index is 8.52. The first-order chi connectivity index (χ1) is 5.41. The van der Waals surface area contributed by atoms with Gasteiger partial charge in [0, 0.05) is 20.8 Å². The van der Waals surface area contributed by atoms with Gasteiger partial charge in [0.25, 0.3) is 0 Å². The molecule has 17 heavy (non-hydrogen) atoms. The molecule has 0 spiro atoms. The number of halogens is 3. The van der Waals surface area contributed by atoms with Gasteiger partial charge in [-0.3, -0.25) is 16.8 Å². The van der Waals surface area contributed by atoms with Gasteiger partial charge in [-0.2, -0.15) is 0 Å². The Labute approximate surface area is 157 Å². The zero-order chi connectivity index (χ0) is 11.7. The van der Waals surface area contributed by atoms with Crippen molar-refractivity contribution in [2.24, 2.45) is 0 Å². The largest absolute Gasteiger partial charge is 2.00 e. The molecule has 0 aliphatic rings. The zero-order valence-corrected chi connectivity index (χ0v) is 17.5. The van der Waals surface area contributed by atoms with Crippen LogP contribution in [0.5, 0.6) is 0 Å². The Hall–Kier alpha value is 3.03. The molecule has 0 N–H and O–H groups in total. The van der Waals surface area contributed by atoms with E-state index in [1.165, 1.54) is 0 Å².